The molecule has 0 radical (unpaired) electrons. The molecule has 1 atom stereocenters. The smallest absolute Gasteiger partial charge is 0.220 e. The van der Waals surface area contributed by atoms with Crippen molar-refractivity contribution in [2.24, 2.45) is 0 Å². The molecule has 1 saturated heterocycles. The van der Waals surface area contributed by atoms with Crippen LogP contribution in [0.25, 0.3) is 0 Å². The van der Waals surface area contributed by atoms with Crippen molar-refractivity contribution >= 4 is 5.91 Å². The SMILES string of the molecule is Cc1ccccc1CCC(=O)N[C@@H]1CCNC1. The van der Waals surface area contributed by atoms with Gasteiger partial charge >= 0.3 is 0 Å². The van der Waals surface area contributed by atoms with Crippen molar-refractivity contribution in [3.05, 3.63) is 35.4 Å². The molecule has 17 heavy (non-hydrogen) atoms. The first-order valence-electron chi connectivity index (χ1n) is 6.30. The van der Waals surface area contributed by atoms with Crippen LogP contribution in [0.1, 0.15) is 24.0 Å². The van der Waals surface area contributed by atoms with E-state index in [0.717, 1.165) is 25.9 Å². The molecule has 3 nitrogen and oxygen atoms in total. The molecule has 92 valence electrons. The fourth-order valence-electron chi connectivity index (χ4n) is 2.22. The summed E-state index contributed by atoms with van der Waals surface area (Å²) in [7, 11) is 0. The van der Waals surface area contributed by atoms with Gasteiger partial charge in [-0.2, -0.15) is 0 Å². The molecule has 2 N–H and O–H groups in total. The maximum absolute atomic E-state index is 11.7. The van der Waals surface area contributed by atoms with Gasteiger partial charge < -0.3 is 10.6 Å². The second-order valence-corrected chi connectivity index (χ2v) is 4.68. The van der Waals surface area contributed by atoms with E-state index in [9.17, 15) is 4.79 Å². The van der Waals surface area contributed by atoms with E-state index in [1.807, 2.05) is 12.1 Å². The van der Waals surface area contributed by atoms with Gasteiger partial charge in [-0.05, 0) is 37.4 Å². The zero-order chi connectivity index (χ0) is 12.1. The van der Waals surface area contributed by atoms with Crippen LogP contribution in [-0.4, -0.2) is 25.0 Å². The van der Waals surface area contributed by atoms with Crippen molar-refractivity contribution in [2.45, 2.75) is 32.2 Å². The summed E-state index contributed by atoms with van der Waals surface area (Å²) < 4.78 is 0. The number of benzene rings is 1. The Balaban J connectivity index is 1.77. The number of nitrogens with one attached hydrogen (secondary N) is 2. The minimum atomic E-state index is 0.168. The van der Waals surface area contributed by atoms with Crippen LogP contribution in [0.15, 0.2) is 24.3 Å². The average molecular weight is 232 g/mol. The van der Waals surface area contributed by atoms with Crippen molar-refractivity contribution in [3.63, 3.8) is 0 Å². The van der Waals surface area contributed by atoms with Crippen LogP contribution in [0.4, 0.5) is 0 Å². The Kier molecular flexibility index (Phi) is 4.15. The summed E-state index contributed by atoms with van der Waals surface area (Å²) in [6, 6.07) is 8.58. The summed E-state index contributed by atoms with van der Waals surface area (Å²) in [5, 5.41) is 6.31. The topological polar surface area (TPSA) is 41.1 Å². The van der Waals surface area contributed by atoms with Gasteiger partial charge in [-0.15, -0.1) is 0 Å². The molecule has 1 aromatic carbocycles. The molecule has 0 bridgehead atoms. The fourth-order valence-corrected chi connectivity index (χ4v) is 2.22. The van der Waals surface area contributed by atoms with Crippen molar-refractivity contribution in [2.75, 3.05) is 13.1 Å². The molecule has 1 heterocycles. The number of hydrogen-bond donors (Lipinski definition) is 2. The van der Waals surface area contributed by atoms with Gasteiger partial charge in [0.05, 0.1) is 0 Å². The molecule has 0 unspecified atom stereocenters. The van der Waals surface area contributed by atoms with E-state index in [2.05, 4.69) is 29.7 Å². The van der Waals surface area contributed by atoms with E-state index in [1.165, 1.54) is 11.1 Å². The average Bonchev–Trinajstić information content (AvgIpc) is 2.81. The summed E-state index contributed by atoms with van der Waals surface area (Å²) >= 11 is 0. The molecule has 0 aromatic heterocycles. The van der Waals surface area contributed by atoms with Crippen LogP contribution in [0, 0.1) is 6.92 Å². The minimum Gasteiger partial charge on any atom is -0.352 e. The third kappa shape index (κ3) is 3.56. The molecule has 1 amide bonds. The normalized spacial score (nSPS) is 19.2. The minimum absolute atomic E-state index is 0.168. The lowest BCUT2D eigenvalue weighted by molar-refractivity contribution is -0.121. The third-order valence-corrected chi connectivity index (χ3v) is 3.31. The molecule has 1 aliphatic rings. The lowest BCUT2D eigenvalue weighted by Gasteiger charge is -2.11. The largest absolute Gasteiger partial charge is 0.352 e. The molecule has 0 saturated carbocycles. The van der Waals surface area contributed by atoms with Gasteiger partial charge in [-0.3, -0.25) is 4.79 Å². The Hall–Kier alpha value is -1.35. The second kappa shape index (κ2) is 5.82. The molecule has 3 heteroatoms. The Morgan fingerprint density at radius 3 is 3.00 bits per heavy atom. The summed E-state index contributed by atoms with van der Waals surface area (Å²) in [6.45, 7) is 4.02. The Bertz CT molecular complexity index is 384. The highest BCUT2D eigenvalue weighted by atomic mass is 16.1. The first kappa shape index (κ1) is 12.1. The second-order valence-electron chi connectivity index (χ2n) is 4.68. The Morgan fingerprint density at radius 1 is 1.47 bits per heavy atom. The molecule has 0 aliphatic carbocycles. The number of carbonyl (C=O) groups is 1. The van der Waals surface area contributed by atoms with E-state index in [-0.39, 0.29) is 5.91 Å². The summed E-state index contributed by atoms with van der Waals surface area (Å²) in [5.74, 6) is 0.168. The van der Waals surface area contributed by atoms with Gasteiger partial charge in [0, 0.05) is 19.0 Å². The number of amides is 1. The standard InChI is InChI=1S/C14H20N2O/c1-11-4-2-3-5-12(11)6-7-14(17)16-13-8-9-15-10-13/h2-5,13,15H,6-10H2,1H3,(H,16,17)/t13-/m1/s1. The Labute approximate surface area is 103 Å². The highest BCUT2D eigenvalue weighted by Crippen LogP contribution is 2.09. The van der Waals surface area contributed by atoms with Crippen LogP contribution in [0.3, 0.4) is 0 Å². The quantitative estimate of drug-likeness (QED) is 0.824. The highest BCUT2D eigenvalue weighted by molar-refractivity contribution is 5.76. The zero-order valence-corrected chi connectivity index (χ0v) is 10.3. The predicted octanol–water partition coefficient (Wildman–Crippen LogP) is 1.41. The molecule has 2 rings (SSSR count). The van der Waals surface area contributed by atoms with Crippen LogP contribution in [0.2, 0.25) is 0 Å². The number of hydrogen-bond acceptors (Lipinski definition) is 2. The van der Waals surface area contributed by atoms with Crippen LogP contribution in [-0.2, 0) is 11.2 Å². The first-order chi connectivity index (χ1) is 8.25. The highest BCUT2D eigenvalue weighted by Gasteiger charge is 2.16. The van der Waals surface area contributed by atoms with Crippen LogP contribution < -0.4 is 10.6 Å². The maximum atomic E-state index is 11.7. The van der Waals surface area contributed by atoms with E-state index in [1.54, 1.807) is 0 Å². The number of aryl methyl sites for hydroxylation is 2. The molecule has 1 aromatic rings. The summed E-state index contributed by atoms with van der Waals surface area (Å²) in [4.78, 5) is 11.7. The third-order valence-electron chi connectivity index (χ3n) is 3.31. The summed E-state index contributed by atoms with van der Waals surface area (Å²) in [5.41, 5.74) is 2.54. The van der Waals surface area contributed by atoms with Gasteiger partial charge in [0.25, 0.3) is 0 Å². The molecule has 0 spiro atoms. The predicted molar refractivity (Wildman–Crippen MR) is 68.9 cm³/mol. The first-order valence-corrected chi connectivity index (χ1v) is 6.30. The summed E-state index contributed by atoms with van der Waals surface area (Å²) in [6.07, 6.45) is 2.47. The molecule has 1 fully saturated rings. The lowest BCUT2D eigenvalue weighted by atomic mass is 10.0. The molecule has 1 aliphatic heterocycles. The van der Waals surface area contributed by atoms with Crippen LogP contribution >= 0.6 is 0 Å². The van der Waals surface area contributed by atoms with Gasteiger partial charge in [-0.25, -0.2) is 0 Å². The van der Waals surface area contributed by atoms with E-state index in [4.69, 9.17) is 0 Å². The van der Waals surface area contributed by atoms with Gasteiger partial charge in [0.1, 0.15) is 0 Å². The fraction of sp³-hybridized carbons (Fsp3) is 0.500. The Morgan fingerprint density at radius 2 is 2.29 bits per heavy atom. The number of rotatable bonds is 4. The van der Waals surface area contributed by atoms with E-state index < -0.39 is 0 Å². The van der Waals surface area contributed by atoms with Gasteiger partial charge in [0.2, 0.25) is 5.91 Å². The number of carbonyl (C=O) groups excluding carboxylic acids is 1. The lowest BCUT2D eigenvalue weighted by Crippen LogP contribution is -2.36. The van der Waals surface area contributed by atoms with Crippen LogP contribution in [0.5, 0.6) is 0 Å². The van der Waals surface area contributed by atoms with E-state index in [0.29, 0.717) is 12.5 Å². The van der Waals surface area contributed by atoms with Crippen molar-refractivity contribution in [1.82, 2.24) is 10.6 Å². The van der Waals surface area contributed by atoms with Crippen molar-refractivity contribution in [3.8, 4) is 0 Å². The van der Waals surface area contributed by atoms with Crippen molar-refractivity contribution in [1.29, 1.82) is 0 Å². The van der Waals surface area contributed by atoms with Gasteiger partial charge in [0.15, 0.2) is 0 Å². The van der Waals surface area contributed by atoms with Crippen molar-refractivity contribution < 1.29 is 4.79 Å². The monoisotopic (exact) mass is 232 g/mol. The maximum Gasteiger partial charge on any atom is 0.220 e. The van der Waals surface area contributed by atoms with E-state index >= 15 is 0 Å². The molecular weight excluding hydrogens is 212 g/mol. The van der Waals surface area contributed by atoms with Gasteiger partial charge in [-0.1, -0.05) is 24.3 Å². The zero-order valence-electron chi connectivity index (χ0n) is 10.3. The molecular formula is C14H20N2O.